The highest BCUT2D eigenvalue weighted by molar-refractivity contribution is 7.99. The van der Waals surface area contributed by atoms with Crippen molar-refractivity contribution in [3.63, 3.8) is 0 Å². The SMILES string of the molecule is CCCNC(CSC(C)CO)C1CCCC1. The summed E-state index contributed by atoms with van der Waals surface area (Å²) in [6.45, 7) is 5.77. The highest BCUT2D eigenvalue weighted by Gasteiger charge is 2.24. The maximum absolute atomic E-state index is 9.05. The summed E-state index contributed by atoms with van der Waals surface area (Å²) in [5.74, 6) is 2.04. The first kappa shape index (κ1) is 14.3. The molecule has 1 aliphatic carbocycles. The lowest BCUT2D eigenvalue weighted by molar-refractivity contribution is 0.299. The zero-order valence-corrected chi connectivity index (χ0v) is 11.6. The van der Waals surface area contributed by atoms with E-state index in [1.54, 1.807) is 0 Å². The number of nitrogens with one attached hydrogen (secondary N) is 1. The fourth-order valence-electron chi connectivity index (χ4n) is 2.37. The van der Waals surface area contributed by atoms with Gasteiger partial charge in [0.2, 0.25) is 0 Å². The molecule has 96 valence electrons. The molecule has 1 fully saturated rings. The highest BCUT2D eigenvalue weighted by atomic mass is 32.2. The predicted octanol–water partition coefficient (Wildman–Crippen LogP) is 2.66. The maximum atomic E-state index is 9.05. The van der Waals surface area contributed by atoms with Crippen LogP contribution in [0.5, 0.6) is 0 Å². The predicted molar refractivity (Wildman–Crippen MR) is 73.0 cm³/mol. The summed E-state index contributed by atoms with van der Waals surface area (Å²) in [5.41, 5.74) is 0. The molecular formula is C13H27NOS. The number of rotatable bonds is 8. The first-order valence-electron chi connectivity index (χ1n) is 6.73. The van der Waals surface area contributed by atoms with E-state index in [-0.39, 0.29) is 0 Å². The first-order chi connectivity index (χ1) is 7.77. The fourth-order valence-corrected chi connectivity index (χ4v) is 3.40. The van der Waals surface area contributed by atoms with E-state index in [4.69, 9.17) is 5.11 Å². The third-order valence-electron chi connectivity index (χ3n) is 3.44. The van der Waals surface area contributed by atoms with Gasteiger partial charge in [-0.25, -0.2) is 0 Å². The Morgan fingerprint density at radius 3 is 2.62 bits per heavy atom. The molecule has 2 atom stereocenters. The summed E-state index contributed by atoms with van der Waals surface area (Å²) in [7, 11) is 0. The van der Waals surface area contributed by atoms with Crippen molar-refractivity contribution in [2.45, 2.75) is 57.2 Å². The van der Waals surface area contributed by atoms with Gasteiger partial charge in [-0.2, -0.15) is 11.8 Å². The van der Waals surface area contributed by atoms with Crippen LogP contribution in [0.3, 0.4) is 0 Å². The molecule has 1 aliphatic rings. The van der Waals surface area contributed by atoms with Gasteiger partial charge in [0.15, 0.2) is 0 Å². The van der Waals surface area contributed by atoms with Crippen molar-refractivity contribution in [1.82, 2.24) is 5.32 Å². The van der Waals surface area contributed by atoms with Gasteiger partial charge >= 0.3 is 0 Å². The second-order valence-electron chi connectivity index (χ2n) is 4.93. The summed E-state index contributed by atoms with van der Waals surface area (Å²) in [6.07, 6.45) is 6.83. The van der Waals surface area contributed by atoms with E-state index in [1.165, 1.54) is 32.1 Å². The molecule has 0 radical (unpaired) electrons. The van der Waals surface area contributed by atoms with E-state index in [0.717, 1.165) is 18.2 Å². The third-order valence-corrected chi connectivity index (χ3v) is 4.71. The summed E-state index contributed by atoms with van der Waals surface area (Å²) in [6, 6.07) is 0.668. The molecule has 0 aromatic rings. The summed E-state index contributed by atoms with van der Waals surface area (Å²) in [5, 5.41) is 13.1. The minimum absolute atomic E-state index is 0.301. The van der Waals surface area contributed by atoms with Crippen LogP contribution in [0.1, 0.15) is 46.0 Å². The number of aliphatic hydroxyl groups is 1. The first-order valence-corrected chi connectivity index (χ1v) is 7.78. The van der Waals surface area contributed by atoms with Crippen molar-refractivity contribution < 1.29 is 5.11 Å². The van der Waals surface area contributed by atoms with Gasteiger partial charge in [0, 0.05) is 17.0 Å². The quantitative estimate of drug-likeness (QED) is 0.689. The molecule has 0 heterocycles. The van der Waals surface area contributed by atoms with Crippen LogP contribution < -0.4 is 5.32 Å². The molecule has 0 amide bonds. The van der Waals surface area contributed by atoms with Gasteiger partial charge in [-0.3, -0.25) is 0 Å². The van der Waals surface area contributed by atoms with Crippen molar-refractivity contribution in [1.29, 1.82) is 0 Å². The van der Waals surface area contributed by atoms with Crippen molar-refractivity contribution in [2.75, 3.05) is 18.9 Å². The Labute approximate surface area is 105 Å². The van der Waals surface area contributed by atoms with Crippen LogP contribution in [-0.2, 0) is 0 Å². The van der Waals surface area contributed by atoms with Gasteiger partial charge in [-0.15, -0.1) is 0 Å². The smallest absolute Gasteiger partial charge is 0.0547 e. The zero-order valence-electron chi connectivity index (χ0n) is 10.7. The fraction of sp³-hybridized carbons (Fsp3) is 1.00. The average molecular weight is 245 g/mol. The van der Waals surface area contributed by atoms with Crippen LogP contribution in [0.2, 0.25) is 0 Å². The van der Waals surface area contributed by atoms with Crippen molar-refractivity contribution in [3.8, 4) is 0 Å². The largest absolute Gasteiger partial charge is 0.395 e. The van der Waals surface area contributed by atoms with Crippen LogP contribution in [-0.4, -0.2) is 35.3 Å². The molecule has 0 saturated heterocycles. The standard InChI is InChI=1S/C13H27NOS/c1-3-8-14-13(10-16-11(2)9-15)12-6-4-5-7-12/h11-15H,3-10H2,1-2H3. The van der Waals surface area contributed by atoms with Crippen molar-refractivity contribution >= 4 is 11.8 Å². The minimum Gasteiger partial charge on any atom is -0.395 e. The van der Waals surface area contributed by atoms with Gasteiger partial charge in [-0.05, 0) is 31.7 Å². The Kier molecular flexibility index (Phi) is 7.50. The van der Waals surface area contributed by atoms with Gasteiger partial charge in [0.1, 0.15) is 0 Å². The number of hydrogen-bond donors (Lipinski definition) is 2. The van der Waals surface area contributed by atoms with Crippen LogP contribution in [0.4, 0.5) is 0 Å². The van der Waals surface area contributed by atoms with Gasteiger partial charge in [0.25, 0.3) is 0 Å². The molecule has 16 heavy (non-hydrogen) atoms. The highest BCUT2D eigenvalue weighted by Crippen LogP contribution is 2.29. The average Bonchev–Trinajstić information content (AvgIpc) is 2.82. The van der Waals surface area contributed by atoms with E-state index >= 15 is 0 Å². The van der Waals surface area contributed by atoms with Crippen LogP contribution in [0.25, 0.3) is 0 Å². The number of hydrogen-bond acceptors (Lipinski definition) is 3. The molecule has 1 rings (SSSR count). The summed E-state index contributed by atoms with van der Waals surface area (Å²) in [4.78, 5) is 0. The third kappa shape index (κ3) is 5.07. The lowest BCUT2D eigenvalue weighted by Gasteiger charge is -2.25. The minimum atomic E-state index is 0.301. The van der Waals surface area contributed by atoms with E-state index in [9.17, 15) is 0 Å². The lowest BCUT2D eigenvalue weighted by Crippen LogP contribution is -2.38. The monoisotopic (exact) mass is 245 g/mol. The van der Waals surface area contributed by atoms with Crippen LogP contribution >= 0.6 is 11.8 Å². The molecule has 2 nitrogen and oxygen atoms in total. The molecule has 0 aromatic carbocycles. The molecule has 0 aliphatic heterocycles. The Hall–Kier alpha value is 0.270. The van der Waals surface area contributed by atoms with Crippen molar-refractivity contribution in [3.05, 3.63) is 0 Å². The van der Waals surface area contributed by atoms with Gasteiger partial charge < -0.3 is 10.4 Å². The molecule has 1 saturated carbocycles. The van der Waals surface area contributed by atoms with Crippen molar-refractivity contribution in [2.24, 2.45) is 5.92 Å². The summed E-state index contributed by atoms with van der Waals surface area (Å²) < 4.78 is 0. The Morgan fingerprint density at radius 2 is 2.06 bits per heavy atom. The van der Waals surface area contributed by atoms with E-state index in [0.29, 0.717) is 17.9 Å². The topological polar surface area (TPSA) is 32.3 Å². The molecule has 2 N–H and O–H groups in total. The summed E-state index contributed by atoms with van der Waals surface area (Å²) >= 11 is 1.91. The lowest BCUT2D eigenvalue weighted by atomic mass is 10.00. The Balaban J connectivity index is 2.30. The van der Waals surface area contributed by atoms with E-state index in [2.05, 4.69) is 19.2 Å². The molecule has 0 bridgehead atoms. The Morgan fingerprint density at radius 1 is 1.38 bits per heavy atom. The number of thioether (sulfide) groups is 1. The Bertz CT molecular complexity index is 171. The molecule has 0 spiro atoms. The molecule has 2 unspecified atom stereocenters. The number of aliphatic hydroxyl groups excluding tert-OH is 1. The van der Waals surface area contributed by atoms with E-state index in [1.807, 2.05) is 11.8 Å². The molecule has 3 heteroatoms. The van der Waals surface area contributed by atoms with Gasteiger partial charge in [-0.1, -0.05) is 26.7 Å². The van der Waals surface area contributed by atoms with Crippen LogP contribution in [0.15, 0.2) is 0 Å². The molecular weight excluding hydrogens is 218 g/mol. The zero-order chi connectivity index (χ0) is 11.8. The normalized spacial score (nSPS) is 21.2. The van der Waals surface area contributed by atoms with E-state index < -0.39 is 0 Å². The second-order valence-corrected chi connectivity index (χ2v) is 6.40. The second kappa shape index (κ2) is 8.37. The molecule has 0 aromatic heterocycles. The van der Waals surface area contributed by atoms with Crippen LogP contribution in [0, 0.1) is 5.92 Å². The van der Waals surface area contributed by atoms with Gasteiger partial charge in [0.05, 0.1) is 6.61 Å². The maximum Gasteiger partial charge on any atom is 0.0547 e.